The van der Waals surface area contributed by atoms with Crippen LogP contribution >= 0.6 is 0 Å². The van der Waals surface area contributed by atoms with E-state index in [2.05, 4.69) is 0 Å². The van der Waals surface area contributed by atoms with Gasteiger partial charge in [0.2, 0.25) is 0 Å². The molecule has 0 aromatic heterocycles. The first-order valence-corrected chi connectivity index (χ1v) is 5.39. The van der Waals surface area contributed by atoms with Gasteiger partial charge in [0.05, 0.1) is 5.75 Å². The van der Waals surface area contributed by atoms with Crippen LogP contribution < -0.4 is 9.92 Å². The Morgan fingerprint density at radius 1 is 1.23 bits per heavy atom. The maximum atomic E-state index is 11.1. The second kappa shape index (κ2) is 4.25. The molecule has 0 atom stereocenters. The van der Waals surface area contributed by atoms with Crippen LogP contribution in [-0.4, -0.2) is 20.7 Å². The number of para-hydroxylation sites is 1. The fourth-order valence-corrected chi connectivity index (χ4v) is 1.59. The maximum absolute atomic E-state index is 11.1. The van der Waals surface area contributed by atoms with Crippen LogP contribution in [0, 0.1) is 0 Å². The molecule has 2 N–H and O–H groups in total. The number of nitrogens with two attached hydrogens (primary N) is 1. The highest BCUT2D eigenvalue weighted by Gasteiger charge is 2.10. The Kier molecular flexibility index (Phi) is 3.27. The monoisotopic (exact) mass is 201 g/mol. The first-order valence-electron chi connectivity index (χ1n) is 3.81. The molecule has 0 spiro atoms. The lowest BCUT2D eigenvalue weighted by atomic mass is 10.3. The van der Waals surface area contributed by atoms with Crippen LogP contribution in [0.1, 0.15) is 0 Å². The smallest absolute Gasteiger partial charge is 0.310 e. The van der Waals surface area contributed by atoms with Crippen LogP contribution in [0.2, 0.25) is 0 Å². The first-order chi connectivity index (χ1) is 6.14. The average Bonchev–Trinajstić information content (AvgIpc) is 2.04. The van der Waals surface area contributed by atoms with Crippen molar-refractivity contribution in [1.29, 1.82) is 0 Å². The van der Waals surface area contributed by atoms with Gasteiger partial charge in [-0.3, -0.25) is 0 Å². The first kappa shape index (κ1) is 10.0. The summed E-state index contributed by atoms with van der Waals surface area (Å²) in [6, 6.07) is 8.34. The van der Waals surface area contributed by atoms with Gasteiger partial charge in [-0.15, -0.1) is 0 Å². The quantitative estimate of drug-likeness (QED) is 0.714. The van der Waals surface area contributed by atoms with E-state index in [1.165, 1.54) is 0 Å². The van der Waals surface area contributed by atoms with E-state index in [1.54, 1.807) is 30.3 Å². The zero-order chi connectivity index (χ0) is 9.73. The van der Waals surface area contributed by atoms with Gasteiger partial charge >= 0.3 is 10.1 Å². The fraction of sp³-hybridized carbons (Fsp3) is 0.250. The molecule has 1 aromatic carbocycles. The minimum absolute atomic E-state index is 0.0646. The van der Waals surface area contributed by atoms with Crippen molar-refractivity contribution in [2.24, 2.45) is 5.73 Å². The summed E-state index contributed by atoms with van der Waals surface area (Å²) in [7, 11) is -3.51. The lowest BCUT2D eigenvalue weighted by Gasteiger charge is -2.04. The van der Waals surface area contributed by atoms with Crippen molar-refractivity contribution < 1.29 is 12.6 Å². The normalized spacial score (nSPS) is 11.2. The maximum Gasteiger partial charge on any atom is 0.310 e. The fourth-order valence-electron chi connectivity index (χ4n) is 0.809. The molecule has 0 fully saturated rings. The Labute approximate surface area is 77.4 Å². The molecular weight excluding hydrogens is 190 g/mol. The Morgan fingerprint density at radius 3 is 2.38 bits per heavy atom. The van der Waals surface area contributed by atoms with E-state index >= 15 is 0 Å². The highest BCUT2D eigenvalue weighted by atomic mass is 32.2. The molecule has 5 heteroatoms. The summed E-state index contributed by atoms with van der Waals surface area (Å²) in [6.07, 6.45) is 0. The van der Waals surface area contributed by atoms with Crippen molar-refractivity contribution in [2.45, 2.75) is 0 Å². The molecule has 0 bridgehead atoms. The number of hydrogen-bond acceptors (Lipinski definition) is 4. The topological polar surface area (TPSA) is 69.4 Å². The lowest BCUT2D eigenvalue weighted by molar-refractivity contribution is 0.486. The van der Waals surface area contributed by atoms with Gasteiger partial charge in [-0.25, -0.2) is 0 Å². The van der Waals surface area contributed by atoms with Gasteiger partial charge in [0.1, 0.15) is 5.75 Å². The van der Waals surface area contributed by atoms with Crippen molar-refractivity contribution in [3.05, 3.63) is 30.3 Å². The summed E-state index contributed by atoms with van der Waals surface area (Å²) in [5.74, 6) is 0.151. The van der Waals surface area contributed by atoms with Gasteiger partial charge in [-0.05, 0) is 12.1 Å². The molecule has 0 saturated heterocycles. The van der Waals surface area contributed by atoms with Gasteiger partial charge in [0, 0.05) is 6.54 Å². The molecule has 1 rings (SSSR count). The van der Waals surface area contributed by atoms with E-state index in [0.29, 0.717) is 5.75 Å². The molecule has 0 unspecified atom stereocenters. The minimum atomic E-state index is -3.51. The van der Waals surface area contributed by atoms with Crippen LogP contribution in [0.15, 0.2) is 30.3 Å². The summed E-state index contributed by atoms with van der Waals surface area (Å²) >= 11 is 0. The van der Waals surface area contributed by atoms with Gasteiger partial charge in [0.25, 0.3) is 0 Å². The minimum Gasteiger partial charge on any atom is -0.382 e. The number of hydrogen-bond donors (Lipinski definition) is 1. The van der Waals surface area contributed by atoms with Crippen LogP contribution in [0.4, 0.5) is 0 Å². The summed E-state index contributed by atoms with van der Waals surface area (Å²) in [5.41, 5.74) is 5.11. The van der Waals surface area contributed by atoms with E-state index in [0.717, 1.165) is 0 Å². The van der Waals surface area contributed by atoms with Gasteiger partial charge in [-0.2, -0.15) is 8.42 Å². The summed E-state index contributed by atoms with van der Waals surface area (Å²) < 4.78 is 26.9. The summed E-state index contributed by atoms with van der Waals surface area (Å²) in [6.45, 7) is 0.0646. The third-order valence-electron chi connectivity index (χ3n) is 1.33. The standard InChI is InChI=1S/C8H11NO3S/c9-6-7-13(10,11)12-8-4-2-1-3-5-8/h1-5H,6-7,9H2. The van der Waals surface area contributed by atoms with Crippen LogP contribution in [-0.2, 0) is 10.1 Å². The molecule has 0 heterocycles. The molecule has 0 radical (unpaired) electrons. The second-order valence-corrected chi connectivity index (χ2v) is 4.14. The molecule has 13 heavy (non-hydrogen) atoms. The predicted molar refractivity (Wildman–Crippen MR) is 49.9 cm³/mol. The van der Waals surface area contributed by atoms with Crippen LogP contribution in [0.5, 0.6) is 5.75 Å². The van der Waals surface area contributed by atoms with E-state index < -0.39 is 10.1 Å². The molecule has 0 amide bonds. The van der Waals surface area contributed by atoms with Crippen molar-refractivity contribution in [3.63, 3.8) is 0 Å². The molecule has 72 valence electrons. The SMILES string of the molecule is NCCS(=O)(=O)Oc1ccccc1. The third kappa shape index (κ3) is 3.43. The Bertz CT molecular complexity index is 347. The van der Waals surface area contributed by atoms with Gasteiger partial charge in [0.15, 0.2) is 0 Å². The zero-order valence-corrected chi connectivity index (χ0v) is 7.83. The Balaban J connectivity index is 2.70. The predicted octanol–water partition coefficient (Wildman–Crippen LogP) is 0.354. The second-order valence-electron chi connectivity index (χ2n) is 2.45. The summed E-state index contributed by atoms with van der Waals surface area (Å²) in [5, 5.41) is 0. The van der Waals surface area contributed by atoms with Crippen LogP contribution in [0.25, 0.3) is 0 Å². The Hall–Kier alpha value is -1.07. The molecule has 4 nitrogen and oxygen atoms in total. The highest BCUT2D eigenvalue weighted by molar-refractivity contribution is 7.87. The van der Waals surface area contributed by atoms with E-state index in [9.17, 15) is 8.42 Å². The van der Waals surface area contributed by atoms with Gasteiger partial charge in [-0.1, -0.05) is 18.2 Å². The number of rotatable bonds is 4. The van der Waals surface area contributed by atoms with E-state index in [-0.39, 0.29) is 12.3 Å². The van der Waals surface area contributed by atoms with Crippen molar-refractivity contribution in [1.82, 2.24) is 0 Å². The molecule has 0 aliphatic rings. The summed E-state index contributed by atoms with van der Waals surface area (Å²) in [4.78, 5) is 0. The van der Waals surface area contributed by atoms with Crippen molar-refractivity contribution in [2.75, 3.05) is 12.3 Å². The number of benzene rings is 1. The zero-order valence-electron chi connectivity index (χ0n) is 7.01. The molecule has 0 saturated carbocycles. The largest absolute Gasteiger partial charge is 0.382 e. The van der Waals surface area contributed by atoms with Crippen LogP contribution in [0.3, 0.4) is 0 Å². The van der Waals surface area contributed by atoms with Gasteiger partial charge < -0.3 is 9.92 Å². The third-order valence-corrected chi connectivity index (χ3v) is 2.52. The molecular formula is C8H11NO3S. The van der Waals surface area contributed by atoms with Crippen molar-refractivity contribution >= 4 is 10.1 Å². The average molecular weight is 201 g/mol. The molecule has 0 aliphatic carbocycles. The Morgan fingerprint density at radius 2 is 1.85 bits per heavy atom. The molecule has 0 aliphatic heterocycles. The molecule has 1 aromatic rings. The van der Waals surface area contributed by atoms with Crippen molar-refractivity contribution in [3.8, 4) is 5.75 Å². The van der Waals surface area contributed by atoms with E-state index in [1.807, 2.05) is 0 Å². The van der Waals surface area contributed by atoms with E-state index in [4.69, 9.17) is 9.92 Å². The lowest BCUT2D eigenvalue weighted by Crippen LogP contribution is -2.20. The highest BCUT2D eigenvalue weighted by Crippen LogP contribution is 2.11.